The van der Waals surface area contributed by atoms with E-state index in [-0.39, 0.29) is 0 Å². The average Bonchev–Trinajstić information content (AvgIpc) is 3.12. The van der Waals surface area contributed by atoms with Gasteiger partial charge in [-0.2, -0.15) is 5.10 Å². The second-order valence-electron chi connectivity index (χ2n) is 7.59. The van der Waals surface area contributed by atoms with E-state index in [2.05, 4.69) is 14.9 Å². The molecule has 1 atom stereocenters. The van der Waals surface area contributed by atoms with Gasteiger partial charge in [0, 0.05) is 64.3 Å². The molecule has 2 heterocycles. The topological polar surface area (TPSA) is 44.5 Å². The second-order valence-corrected chi connectivity index (χ2v) is 7.59. The van der Waals surface area contributed by atoms with E-state index in [1.807, 2.05) is 23.1 Å². The summed E-state index contributed by atoms with van der Waals surface area (Å²) in [5.41, 5.74) is 0. The van der Waals surface area contributed by atoms with Crippen molar-refractivity contribution in [1.29, 1.82) is 0 Å². The SMILES string of the molecule is OCC[C@@H]1CN(CCCn2cccn2)CCN1CC1CCCCC1. The van der Waals surface area contributed by atoms with E-state index >= 15 is 0 Å². The summed E-state index contributed by atoms with van der Waals surface area (Å²) in [5.74, 6) is 0.895. The number of rotatable bonds is 8. The van der Waals surface area contributed by atoms with Crippen LogP contribution in [-0.2, 0) is 6.54 Å². The highest BCUT2D eigenvalue weighted by Crippen LogP contribution is 2.26. The van der Waals surface area contributed by atoms with Crippen LogP contribution in [0.2, 0.25) is 0 Å². The van der Waals surface area contributed by atoms with Crippen molar-refractivity contribution in [3.63, 3.8) is 0 Å². The van der Waals surface area contributed by atoms with Gasteiger partial charge in [-0.15, -0.1) is 0 Å². The lowest BCUT2D eigenvalue weighted by molar-refractivity contribution is 0.0424. The minimum Gasteiger partial charge on any atom is -0.396 e. The van der Waals surface area contributed by atoms with E-state index in [1.165, 1.54) is 51.7 Å². The summed E-state index contributed by atoms with van der Waals surface area (Å²) in [4.78, 5) is 5.26. The van der Waals surface area contributed by atoms with Crippen LogP contribution in [0.15, 0.2) is 18.5 Å². The molecule has 0 spiro atoms. The fourth-order valence-electron chi connectivity index (χ4n) is 4.41. The molecule has 1 aromatic rings. The zero-order valence-electron chi connectivity index (χ0n) is 15.0. The summed E-state index contributed by atoms with van der Waals surface area (Å²) in [6.45, 7) is 7.17. The first-order valence-corrected chi connectivity index (χ1v) is 9.90. The van der Waals surface area contributed by atoms with Crippen LogP contribution in [0.4, 0.5) is 0 Å². The van der Waals surface area contributed by atoms with Crippen LogP contribution in [0.25, 0.3) is 0 Å². The normalized spacial score (nSPS) is 24.5. The lowest BCUT2D eigenvalue weighted by Gasteiger charge is -2.43. The number of aromatic nitrogens is 2. The maximum absolute atomic E-state index is 9.47. The van der Waals surface area contributed by atoms with Crippen LogP contribution in [0.1, 0.15) is 44.9 Å². The van der Waals surface area contributed by atoms with E-state index in [0.717, 1.165) is 38.4 Å². The fourth-order valence-corrected chi connectivity index (χ4v) is 4.41. The Morgan fingerprint density at radius 1 is 1.08 bits per heavy atom. The lowest BCUT2D eigenvalue weighted by Crippen LogP contribution is -2.54. The van der Waals surface area contributed by atoms with Gasteiger partial charge in [0.05, 0.1) is 0 Å². The number of hydrogen-bond acceptors (Lipinski definition) is 4. The number of hydrogen-bond donors (Lipinski definition) is 1. The van der Waals surface area contributed by atoms with Gasteiger partial charge in [0.15, 0.2) is 0 Å². The minimum atomic E-state index is 0.312. The molecular formula is C19H34N4O. The summed E-state index contributed by atoms with van der Waals surface area (Å²) >= 11 is 0. The third kappa shape index (κ3) is 5.30. The van der Waals surface area contributed by atoms with Crippen molar-refractivity contribution < 1.29 is 5.11 Å². The summed E-state index contributed by atoms with van der Waals surface area (Å²) < 4.78 is 2.02. The summed E-state index contributed by atoms with van der Waals surface area (Å²) in [6, 6.07) is 2.52. The fraction of sp³-hybridized carbons (Fsp3) is 0.842. The molecule has 0 unspecified atom stereocenters. The maximum atomic E-state index is 9.47. The smallest absolute Gasteiger partial charge is 0.0489 e. The summed E-state index contributed by atoms with van der Waals surface area (Å²) in [6.07, 6.45) is 13.1. The van der Waals surface area contributed by atoms with E-state index in [0.29, 0.717) is 12.6 Å². The molecule has 24 heavy (non-hydrogen) atoms. The average molecular weight is 335 g/mol. The molecule has 1 aromatic heterocycles. The third-order valence-corrected chi connectivity index (χ3v) is 5.79. The zero-order chi connectivity index (χ0) is 16.6. The van der Waals surface area contributed by atoms with Gasteiger partial charge in [-0.1, -0.05) is 19.3 Å². The number of piperazine rings is 1. The number of aryl methyl sites for hydroxylation is 1. The first-order chi connectivity index (χ1) is 11.8. The first-order valence-electron chi connectivity index (χ1n) is 9.90. The standard InChI is InChI=1S/C19H34N4O/c24-15-8-19-17-21(10-5-12-23-11-4-9-20-23)13-14-22(19)16-18-6-2-1-3-7-18/h4,9,11,18-19,24H,1-3,5-8,10,12-17H2/t19-/m1/s1. The second kappa shape index (κ2) is 9.54. The first kappa shape index (κ1) is 17.9. The summed E-state index contributed by atoms with van der Waals surface area (Å²) in [7, 11) is 0. The Morgan fingerprint density at radius 2 is 1.96 bits per heavy atom. The minimum absolute atomic E-state index is 0.312. The highest BCUT2D eigenvalue weighted by molar-refractivity contribution is 4.84. The molecule has 0 bridgehead atoms. The molecule has 3 rings (SSSR count). The Hall–Kier alpha value is -0.910. The van der Waals surface area contributed by atoms with Gasteiger partial charge in [0.25, 0.3) is 0 Å². The quantitative estimate of drug-likeness (QED) is 0.792. The van der Waals surface area contributed by atoms with Gasteiger partial charge >= 0.3 is 0 Å². The van der Waals surface area contributed by atoms with Crippen molar-refractivity contribution >= 4 is 0 Å². The molecule has 1 saturated carbocycles. The number of aliphatic hydroxyl groups is 1. The third-order valence-electron chi connectivity index (χ3n) is 5.79. The van der Waals surface area contributed by atoms with Gasteiger partial charge < -0.3 is 10.0 Å². The van der Waals surface area contributed by atoms with Gasteiger partial charge in [0.2, 0.25) is 0 Å². The maximum Gasteiger partial charge on any atom is 0.0489 e. The van der Waals surface area contributed by atoms with Crippen molar-refractivity contribution in [2.24, 2.45) is 5.92 Å². The van der Waals surface area contributed by atoms with E-state index in [1.54, 1.807) is 0 Å². The molecule has 0 amide bonds. The summed E-state index contributed by atoms with van der Waals surface area (Å²) in [5, 5.41) is 13.7. The highest BCUT2D eigenvalue weighted by atomic mass is 16.3. The Labute approximate surface area is 146 Å². The molecule has 2 fully saturated rings. The molecule has 5 heteroatoms. The van der Waals surface area contributed by atoms with Gasteiger partial charge in [0.1, 0.15) is 0 Å². The molecular weight excluding hydrogens is 300 g/mol. The Morgan fingerprint density at radius 3 is 2.71 bits per heavy atom. The number of aliphatic hydroxyl groups excluding tert-OH is 1. The zero-order valence-corrected chi connectivity index (χ0v) is 15.0. The molecule has 5 nitrogen and oxygen atoms in total. The van der Waals surface area contributed by atoms with Crippen molar-refractivity contribution in [2.45, 2.75) is 57.5 Å². The molecule has 1 aliphatic carbocycles. The Bertz CT molecular complexity index is 444. The van der Waals surface area contributed by atoms with Gasteiger partial charge in [-0.25, -0.2) is 0 Å². The van der Waals surface area contributed by atoms with Crippen molar-refractivity contribution in [3.8, 4) is 0 Å². The van der Waals surface area contributed by atoms with Crippen LogP contribution in [0.5, 0.6) is 0 Å². The van der Waals surface area contributed by atoms with Crippen LogP contribution in [0, 0.1) is 5.92 Å². The molecule has 1 N–H and O–H groups in total. The molecule has 0 radical (unpaired) electrons. The van der Waals surface area contributed by atoms with E-state index < -0.39 is 0 Å². The van der Waals surface area contributed by atoms with Gasteiger partial charge in [-0.05, 0) is 37.7 Å². The Kier molecular flexibility index (Phi) is 7.12. The van der Waals surface area contributed by atoms with E-state index in [4.69, 9.17) is 0 Å². The molecule has 1 saturated heterocycles. The molecule has 136 valence electrons. The predicted octanol–water partition coefficient (Wildman–Crippen LogP) is 2.22. The molecule has 1 aliphatic heterocycles. The lowest BCUT2D eigenvalue weighted by atomic mass is 9.88. The molecule has 2 aliphatic rings. The van der Waals surface area contributed by atoms with Crippen molar-refractivity contribution in [3.05, 3.63) is 18.5 Å². The predicted molar refractivity (Wildman–Crippen MR) is 96.9 cm³/mol. The van der Waals surface area contributed by atoms with Crippen molar-refractivity contribution in [1.82, 2.24) is 19.6 Å². The Balaban J connectivity index is 1.43. The highest BCUT2D eigenvalue weighted by Gasteiger charge is 2.28. The number of nitrogens with zero attached hydrogens (tertiary/aromatic N) is 4. The molecule has 0 aromatic carbocycles. The van der Waals surface area contributed by atoms with Crippen LogP contribution < -0.4 is 0 Å². The van der Waals surface area contributed by atoms with Crippen molar-refractivity contribution in [2.75, 3.05) is 39.3 Å². The largest absolute Gasteiger partial charge is 0.396 e. The van der Waals surface area contributed by atoms with E-state index in [9.17, 15) is 5.11 Å². The monoisotopic (exact) mass is 334 g/mol. The van der Waals surface area contributed by atoms with Crippen LogP contribution in [-0.4, -0.2) is 70.1 Å². The van der Waals surface area contributed by atoms with Crippen LogP contribution >= 0.6 is 0 Å². The van der Waals surface area contributed by atoms with Gasteiger partial charge in [-0.3, -0.25) is 9.58 Å². The van der Waals surface area contributed by atoms with Crippen LogP contribution in [0.3, 0.4) is 0 Å².